The molecule has 0 bridgehead atoms. The maximum Gasteiger partial charge on any atom is 0.364 e. The predicted octanol–water partition coefficient (Wildman–Crippen LogP) is 0.838. The molecule has 262 valence electrons. The topological polar surface area (TPSA) is 201 Å². The molecule has 0 aromatic heterocycles. The zero-order valence-corrected chi connectivity index (χ0v) is 26.7. The van der Waals surface area contributed by atoms with Crippen LogP contribution in [0.2, 0.25) is 0 Å². The van der Waals surface area contributed by atoms with Crippen LogP contribution in [-0.4, -0.2) is 119 Å². The Hall–Kier alpha value is -3.71. The van der Waals surface area contributed by atoms with Crippen LogP contribution in [0.4, 0.5) is 0 Å². The number of hydrogen-bond acceptors (Lipinski definition) is 11. The van der Waals surface area contributed by atoms with Crippen molar-refractivity contribution in [2.24, 2.45) is 0 Å². The van der Waals surface area contributed by atoms with Gasteiger partial charge in [-0.1, -0.05) is 66.9 Å². The maximum atomic E-state index is 12.6. The number of hydrogen-bond donors (Lipinski definition) is 6. The fourth-order valence-corrected chi connectivity index (χ4v) is 5.39. The van der Waals surface area contributed by atoms with Crippen molar-refractivity contribution in [3.05, 3.63) is 60.2 Å². The summed E-state index contributed by atoms with van der Waals surface area (Å²) in [6, 6.07) is 16.3. The summed E-state index contributed by atoms with van der Waals surface area (Å²) in [5.41, 5.74) is 3.01. The Morgan fingerprint density at radius 1 is 0.979 bits per heavy atom. The third-order valence-corrected chi connectivity index (χ3v) is 7.89. The van der Waals surface area contributed by atoms with Crippen LogP contribution in [0, 0.1) is 12.3 Å². The Morgan fingerprint density at radius 2 is 1.65 bits per heavy atom. The number of rotatable bonds is 21. The lowest BCUT2D eigenvalue weighted by atomic mass is 9.87. The normalized spacial score (nSPS) is 21.9. The number of nitrogens with one attached hydrogen (secondary N) is 1. The summed E-state index contributed by atoms with van der Waals surface area (Å²) in [6.45, 7) is -0.808. The van der Waals surface area contributed by atoms with Crippen LogP contribution >= 0.6 is 0 Å². The number of Topliss-reactive ketones (excluding diaryl/α,β-unsaturated/α-hetero) is 1. The summed E-state index contributed by atoms with van der Waals surface area (Å²) in [5.74, 6) is -2.64. The van der Waals surface area contributed by atoms with E-state index in [1.54, 1.807) is 0 Å². The molecule has 0 radical (unpaired) electrons. The van der Waals surface area contributed by atoms with E-state index in [2.05, 4.69) is 11.2 Å². The number of benzene rings is 2. The van der Waals surface area contributed by atoms with Crippen LogP contribution < -0.4 is 5.32 Å². The number of unbranched alkanes of at least 4 members (excludes halogenated alkanes) is 1. The molecule has 1 heterocycles. The summed E-state index contributed by atoms with van der Waals surface area (Å²) >= 11 is 0. The lowest BCUT2D eigenvalue weighted by Gasteiger charge is -2.46. The summed E-state index contributed by atoms with van der Waals surface area (Å²) in [7, 11) is 0. The van der Waals surface area contributed by atoms with Gasteiger partial charge < -0.3 is 49.8 Å². The van der Waals surface area contributed by atoms with Gasteiger partial charge in [0.2, 0.25) is 5.91 Å². The highest BCUT2D eigenvalue weighted by Crippen LogP contribution is 2.34. The fraction of sp³-hybridized carbons (Fsp3) is 0.514. The molecule has 1 amide bonds. The molecule has 13 heteroatoms. The van der Waals surface area contributed by atoms with Crippen LogP contribution in [0.3, 0.4) is 0 Å². The molecular formula is C35H45NO12. The van der Waals surface area contributed by atoms with Gasteiger partial charge in [0, 0.05) is 19.3 Å². The molecule has 0 aliphatic carbocycles. The quantitative estimate of drug-likeness (QED) is 0.0808. The molecule has 1 aliphatic heterocycles. The first-order valence-corrected chi connectivity index (χ1v) is 15.8. The highest BCUT2D eigenvalue weighted by atomic mass is 16.7. The molecule has 0 spiro atoms. The number of carbonyl (C=O) groups is 3. The van der Waals surface area contributed by atoms with Crippen LogP contribution in [0.5, 0.6) is 0 Å². The van der Waals surface area contributed by atoms with Crippen LogP contribution in [0.1, 0.15) is 37.7 Å². The van der Waals surface area contributed by atoms with Gasteiger partial charge in [-0.05, 0) is 29.5 Å². The third kappa shape index (κ3) is 11.8. The van der Waals surface area contributed by atoms with Crippen molar-refractivity contribution in [3.8, 4) is 23.5 Å². The molecule has 0 unspecified atom stereocenters. The molecule has 48 heavy (non-hydrogen) atoms. The standard InChI is InChI=1S/C35H45NO12/c1-2-16-45-17-18-46-19-20-47-35(34(43)44)22-29(40)31(36-30(41)23-37)33(48-35)32(42)28(39)11-7-6-10-27(38)21-24-12-14-26(15-13-24)25-8-4-3-5-9-25/h1,3-5,8-9,12-15,28-29,31-33,37,39-40,42H,6-7,10-11,16-23H2,(H,36,41)(H,43,44)/t28-,29+,31-,32-,33-,35+/m1/s1. The number of aliphatic hydroxyl groups is 4. The smallest absolute Gasteiger partial charge is 0.364 e. The zero-order chi connectivity index (χ0) is 34.9. The van der Waals surface area contributed by atoms with Gasteiger partial charge in [0.1, 0.15) is 31.2 Å². The second-order valence-electron chi connectivity index (χ2n) is 11.5. The molecule has 1 fully saturated rings. The number of carbonyl (C=O) groups excluding carboxylic acids is 2. The van der Waals surface area contributed by atoms with E-state index in [0.717, 1.165) is 16.7 Å². The Morgan fingerprint density at radius 3 is 2.31 bits per heavy atom. The van der Waals surface area contributed by atoms with E-state index >= 15 is 0 Å². The molecule has 2 aromatic rings. The molecular weight excluding hydrogens is 626 g/mol. The Kier molecular flexibility index (Phi) is 16.1. The van der Waals surface area contributed by atoms with Gasteiger partial charge in [0.25, 0.3) is 5.79 Å². The number of carboxylic acids is 1. The summed E-state index contributed by atoms with van der Waals surface area (Å²) in [5, 5.41) is 54.4. The number of aliphatic carboxylic acids is 1. The van der Waals surface area contributed by atoms with Crippen molar-refractivity contribution in [3.63, 3.8) is 0 Å². The minimum atomic E-state index is -2.44. The Balaban J connectivity index is 1.54. The second kappa shape index (κ2) is 20.0. The van der Waals surface area contributed by atoms with Gasteiger partial charge in [-0.15, -0.1) is 6.42 Å². The van der Waals surface area contributed by atoms with Crippen molar-refractivity contribution in [1.29, 1.82) is 0 Å². The van der Waals surface area contributed by atoms with E-state index in [9.17, 15) is 39.9 Å². The van der Waals surface area contributed by atoms with Gasteiger partial charge in [-0.3, -0.25) is 9.59 Å². The number of terminal acetylenes is 1. The van der Waals surface area contributed by atoms with Crippen molar-refractivity contribution in [1.82, 2.24) is 5.32 Å². The number of amides is 1. The second-order valence-corrected chi connectivity index (χ2v) is 11.5. The first-order chi connectivity index (χ1) is 23.1. The average Bonchev–Trinajstić information content (AvgIpc) is 3.09. The minimum absolute atomic E-state index is 0.00730. The van der Waals surface area contributed by atoms with E-state index in [0.29, 0.717) is 12.8 Å². The highest BCUT2D eigenvalue weighted by Gasteiger charge is 2.55. The number of aliphatic hydroxyl groups excluding tert-OH is 4. The van der Waals surface area contributed by atoms with Crippen molar-refractivity contribution >= 4 is 17.7 Å². The van der Waals surface area contributed by atoms with Gasteiger partial charge in [-0.25, -0.2) is 4.79 Å². The molecule has 2 aromatic carbocycles. The number of carboxylic acid groups (broad SMARTS) is 1. The predicted molar refractivity (Wildman–Crippen MR) is 172 cm³/mol. The van der Waals surface area contributed by atoms with E-state index in [1.165, 1.54) is 0 Å². The van der Waals surface area contributed by atoms with Crippen molar-refractivity contribution in [2.45, 2.75) is 74.8 Å². The fourth-order valence-electron chi connectivity index (χ4n) is 5.39. The van der Waals surface area contributed by atoms with E-state index in [1.807, 2.05) is 54.6 Å². The SMILES string of the molecule is C#CCOCCOCCO[C@@]1(C(=O)O)C[C@H](O)[C@@H](NC(=O)CO)[C@H]([C@H](O)[C@H](O)CCCCC(=O)Cc2ccc(-c3ccccc3)cc2)O1. The lowest BCUT2D eigenvalue weighted by Crippen LogP contribution is -2.68. The Bertz CT molecular complexity index is 1330. The lowest BCUT2D eigenvalue weighted by molar-refractivity contribution is -0.312. The summed E-state index contributed by atoms with van der Waals surface area (Å²) in [6.07, 6.45) is -0.797. The van der Waals surface area contributed by atoms with Gasteiger partial charge in [0.15, 0.2) is 0 Å². The van der Waals surface area contributed by atoms with Gasteiger partial charge in [0.05, 0.1) is 44.7 Å². The van der Waals surface area contributed by atoms with Crippen molar-refractivity contribution < 1.29 is 58.9 Å². The van der Waals surface area contributed by atoms with Crippen LogP contribution in [0.25, 0.3) is 11.1 Å². The third-order valence-electron chi connectivity index (χ3n) is 7.89. The van der Waals surface area contributed by atoms with E-state index in [4.69, 9.17) is 25.4 Å². The average molecular weight is 672 g/mol. The molecule has 1 aliphatic rings. The first kappa shape index (κ1) is 38.7. The van der Waals surface area contributed by atoms with Crippen molar-refractivity contribution in [2.75, 3.05) is 39.6 Å². The van der Waals surface area contributed by atoms with E-state index < -0.39 is 61.1 Å². The molecule has 6 N–H and O–H groups in total. The first-order valence-electron chi connectivity index (χ1n) is 15.8. The summed E-state index contributed by atoms with van der Waals surface area (Å²) < 4.78 is 21.6. The molecule has 3 rings (SSSR count). The highest BCUT2D eigenvalue weighted by molar-refractivity contribution is 5.81. The Labute approximate surface area is 279 Å². The largest absolute Gasteiger partial charge is 0.477 e. The zero-order valence-electron chi connectivity index (χ0n) is 26.7. The number of ketones is 1. The molecule has 6 atom stereocenters. The molecule has 13 nitrogen and oxygen atoms in total. The number of ether oxygens (including phenoxy) is 4. The van der Waals surface area contributed by atoms with Gasteiger partial charge in [-0.2, -0.15) is 0 Å². The van der Waals surface area contributed by atoms with E-state index in [-0.39, 0.29) is 58.1 Å². The molecule has 1 saturated heterocycles. The maximum absolute atomic E-state index is 12.6. The summed E-state index contributed by atoms with van der Waals surface area (Å²) in [4.78, 5) is 36.9. The van der Waals surface area contributed by atoms with Crippen LogP contribution in [-0.2, 0) is 39.8 Å². The monoisotopic (exact) mass is 671 g/mol. The molecule has 0 saturated carbocycles. The minimum Gasteiger partial charge on any atom is -0.477 e. The van der Waals surface area contributed by atoms with Crippen LogP contribution in [0.15, 0.2) is 54.6 Å². The van der Waals surface area contributed by atoms with Gasteiger partial charge >= 0.3 is 5.97 Å².